The van der Waals surface area contributed by atoms with E-state index in [1.165, 1.54) is 0 Å². The molecule has 2 N–H and O–H groups in total. The maximum atomic E-state index is 9.36. The van der Waals surface area contributed by atoms with Crippen molar-refractivity contribution in [1.82, 2.24) is 0 Å². The topological polar surface area (TPSA) is 40.5 Å². The van der Waals surface area contributed by atoms with Crippen molar-refractivity contribution in [3.05, 3.63) is 25.7 Å². The number of hydrogen-bond donors (Lipinski definition) is 2. The quantitative estimate of drug-likeness (QED) is 0.600. The second-order valence-corrected chi connectivity index (χ2v) is 3.75. The van der Waals surface area contributed by atoms with Crippen molar-refractivity contribution in [3.8, 4) is 5.75 Å². The molecule has 0 radical (unpaired) electrons. The van der Waals surface area contributed by atoms with E-state index in [1.807, 2.05) is 0 Å². The second-order valence-electron chi connectivity index (χ2n) is 2.24. The van der Waals surface area contributed by atoms with E-state index in [0.717, 1.165) is 0 Å². The van der Waals surface area contributed by atoms with Crippen LogP contribution in [0.2, 0.25) is 20.1 Å². The molecule has 0 saturated heterocycles. The van der Waals surface area contributed by atoms with E-state index in [2.05, 4.69) is 0 Å². The summed E-state index contributed by atoms with van der Waals surface area (Å²) in [4.78, 5) is 0. The first kappa shape index (κ1) is 11.2. The van der Waals surface area contributed by atoms with E-state index in [9.17, 15) is 5.11 Å². The van der Waals surface area contributed by atoms with Gasteiger partial charge in [0, 0.05) is 5.56 Å². The van der Waals surface area contributed by atoms with Crippen molar-refractivity contribution in [2.24, 2.45) is 0 Å². The molecule has 0 aliphatic heterocycles. The summed E-state index contributed by atoms with van der Waals surface area (Å²) in [5.41, 5.74) is 0.0704. The fourth-order valence-electron chi connectivity index (χ4n) is 0.810. The summed E-state index contributed by atoms with van der Waals surface area (Å²) in [6.07, 6.45) is 0. The fourth-order valence-corrected chi connectivity index (χ4v) is 1.75. The highest BCUT2D eigenvalue weighted by Crippen LogP contribution is 2.44. The molecule has 0 aromatic heterocycles. The lowest BCUT2D eigenvalue weighted by Gasteiger charge is -2.09. The van der Waals surface area contributed by atoms with Crippen LogP contribution in [0.3, 0.4) is 0 Å². The molecule has 0 bridgehead atoms. The van der Waals surface area contributed by atoms with Gasteiger partial charge in [0.25, 0.3) is 0 Å². The minimum Gasteiger partial charge on any atom is -0.506 e. The normalized spacial score (nSPS) is 10.5. The van der Waals surface area contributed by atoms with Crippen LogP contribution in [-0.2, 0) is 6.61 Å². The zero-order valence-electron chi connectivity index (χ0n) is 6.11. The number of halogens is 4. The van der Waals surface area contributed by atoms with Crippen LogP contribution in [0.25, 0.3) is 0 Å². The van der Waals surface area contributed by atoms with Gasteiger partial charge in [-0.1, -0.05) is 46.4 Å². The molecule has 0 spiro atoms. The van der Waals surface area contributed by atoms with Crippen LogP contribution in [0.1, 0.15) is 5.56 Å². The van der Waals surface area contributed by atoms with Crippen molar-refractivity contribution in [1.29, 1.82) is 0 Å². The summed E-state index contributed by atoms with van der Waals surface area (Å²) in [6.45, 7) is -0.457. The summed E-state index contributed by atoms with van der Waals surface area (Å²) < 4.78 is 0. The maximum absolute atomic E-state index is 9.36. The Morgan fingerprint density at radius 2 is 1.31 bits per heavy atom. The molecule has 0 saturated carbocycles. The minimum atomic E-state index is -0.457. The van der Waals surface area contributed by atoms with Gasteiger partial charge in [-0.05, 0) is 0 Å². The van der Waals surface area contributed by atoms with Gasteiger partial charge in [-0.15, -0.1) is 0 Å². The van der Waals surface area contributed by atoms with Gasteiger partial charge < -0.3 is 10.2 Å². The first-order valence-corrected chi connectivity index (χ1v) is 4.66. The van der Waals surface area contributed by atoms with Crippen LogP contribution in [0.15, 0.2) is 0 Å². The van der Waals surface area contributed by atoms with Crippen LogP contribution in [-0.4, -0.2) is 10.2 Å². The third-order valence-electron chi connectivity index (χ3n) is 1.49. The summed E-state index contributed by atoms with van der Waals surface area (Å²) in [7, 11) is 0. The number of aromatic hydroxyl groups is 1. The lowest BCUT2D eigenvalue weighted by molar-refractivity contribution is 0.275. The summed E-state index contributed by atoms with van der Waals surface area (Å²) in [5, 5.41) is 18.1. The first-order chi connectivity index (χ1) is 6.00. The number of phenols is 1. The van der Waals surface area contributed by atoms with E-state index < -0.39 is 6.61 Å². The van der Waals surface area contributed by atoms with Crippen LogP contribution in [0.5, 0.6) is 5.75 Å². The molecule has 13 heavy (non-hydrogen) atoms. The zero-order valence-corrected chi connectivity index (χ0v) is 9.14. The molecule has 0 amide bonds. The highest BCUT2D eigenvalue weighted by atomic mass is 35.5. The average Bonchev–Trinajstić information content (AvgIpc) is 2.13. The van der Waals surface area contributed by atoms with E-state index in [-0.39, 0.29) is 31.4 Å². The molecule has 1 rings (SSSR count). The third kappa shape index (κ3) is 1.83. The summed E-state index contributed by atoms with van der Waals surface area (Å²) in [6, 6.07) is 0. The predicted octanol–water partition coefficient (Wildman–Crippen LogP) is 3.50. The van der Waals surface area contributed by atoms with Crippen molar-refractivity contribution >= 4 is 46.4 Å². The van der Waals surface area contributed by atoms with Crippen molar-refractivity contribution < 1.29 is 10.2 Å². The Kier molecular flexibility index (Phi) is 3.55. The molecule has 0 aliphatic rings. The molecule has 0 unspecified atom stereocenters. The van der Waals surface area contributed by atoms with E-state index in [0.29, 0.717) is 0 Å². The van der Waals surface area contributed by atoms with E-state index in [1.54, 1.807) is 0 Å². The van der Waals surface area contributed by atoms with Gasteiger partial charge in [0.05, 0.1) is 21.7 Å². The average molecular weight is 262 g/mol. The molecule has 1 aromatic rings. The van der Waals surface area contributed by atoms with Gasteiger partial charge in [0.2, 0.25) is 0 Å². The number of aliphatic hydroxyl groups is 1. The Morgan fingerprint density at radius 3 is 1.77 bits per heavy atom. The van der Waals surface area contributed by atoms with Crippen LogP contribution >= 0.6 is 46.4 Å². The highest BCUT2D eigenvalue weighted by molar-refractivity contribution is 6.52. The van der Waals surface area contributed by atoms with Crippen LogP contribution in [0.4, 0.5) is 0 Å². The lowest BCUT2D eigenvalue weighted by atomic mass is 10.2. The van der Waals surface area contributed by atoms with Crippen molar-refractivity contribution in [3.63, 3.8) is 0 Å². The molecule has 72 valence electrons. The molecule has 1 aromatic carbocycles. The lowest BCUT2D eigenvalue weighted by Crippen LogP contribution is -1.89. The molecule has 0 heterocycles. The molecule has 2 nitrogen and oxygen atoms in total. The Balaban J connectivity index is 3.56. The maximum Gasteiger partial charge on any atom is 0.142 e. The van der Waals surface area contributed by atoms with Gasteiger partial charge in [0.15, 0.2) is 0 Å². The number of hydrogen-bond acceptors (Lipinski definition) is 2. The van der Waals surface area contributed by atoms with Gasteiger partial charge in [0.1, 0.15) is 10.8 Å². The van der Waals surface area contributed by atoms with Crippen LogP contribution in [0, 0.1) is 0 Å². The van der Waals surface area contributed by atoms with Gasteiger partial charge in [-0.25, -0.2) is 0 Å². The third-order valence-corrected chi connectivity index (χ3v) is 3.33. The SMILES string of the molecule is OCc1c(O)c(Cl)c(Cl)c(Cl)c1Cl. The molecular weight excluding hydrogens is 258 g/mol. The minimum absolute atomic E-state index is 0.0102. The van der Waals surface area contributed by atoms with Gasteiger partial charge in [-0.2, -0.15) is 0 Å². The van der Waals surface area contributed by atoms with E-state index in [4.69, 9.17) is 51.5 Å². The molecule has 0 atom stereocenters. The Morgan fingerprint density at radius 1 is 0.846 bits per heavy atom. The smallest absolute Gasteiger partial charge is 0.142 e. The highest BCUT2D eigenvalue weighted by Gasteiger charge is 2.18. The monoisotopic (exact) mass is 260 g/mol. The number of benzene rings is 1. The number of rotatable bonds is 1. The fraction of sp³-hybridized carbons (Fsp3) is 0.143. The molecule has 0 fully saturated rings. The summed E-state index contributed by atoms with van der Waals surface area (Å²) in [5.74, 6) is -0.344. The second kappa shape index (κ2) is 4.11. The number of aliphatic hydroxyl groups excluding tert-OH is 1. The zero-order chi connectivity index (χ0) is 10.2. The molecule has 6 heteroatoms. The Hall–Kier alpha value is 0.140. The standard InChI is InChI=1S/C7H4Cl4O2/c8-3-2(1-12)7(13)6(11)5(10)4(3)9/h12-13H,1H2. The van der Waals surface area contributed by atoms with Crippen molar-refractivity contribution in [2.75, 3.05) is 0 Å². The Labute approximate surface area is 94.6 Å². The Bertz CT molecular complexity index is 322. The predicted molar refractivity (Wildman–Crippen MR) is 54.1 cm³/mol. The van der Waals surface area contributed by atoms with Crippen molar-refractivity contribution in [2.45, 2.75) is 6.61 Å². The first-order valence-electron chi connectivity index (χ1n) is 3.15. The van der Waals surface area contributed by atoms with Gasteiger partial charge in [-0.3, -0.25) is 0 Å². The van der Waals surface area contributed by atoms with E-state index >= 15 is 0 Å². The molecule has 0 aliphatic carbocycles. The summed E-state index contributed by atoms with van der Waals surface area (Å²) >= 11 is 22.6. The van der Waals surface area contributed by atoms with Gasteiger partial charge >= 0.3 is 0 Å². The largest absolute Gasteiger partial charge is 0.506 e. The molecular formula is C7H4Cl4O2. The van der Waals surface area contributed by atoms with Crippen LogP contribution < -0.4 is 0 Å².